The van der Waals surface area contributed by atoms with E-state index in [4.69, 9.17) is 4.74 Å². The van der Waals surface area contributed by atoms with Crippen LogP contribution >= 0.6 is 11.3 Å². The number of hydrogen-bond acceptors (Lipinski definition) is 3. The van der Waals surface area contributed by atoms with E-state index >= 15 is 0 Å². The highest BCUT2D eigenvalue weighted by Gasteiger charge is 2.28. The first-order valence-corrected chi connectivity index (χ1v) is 8.68. The van der Waals surface area contributed by atoms with Gasteiger partial charge in [0.2, 0.25) is 0 Å². The average Bonchev–Trinajstić information content (AvgIpc) is 3.09. The largest absolute Gasteiger partial charge is 0.484 e. The topological polar surface area (TPSA) is 45.7 Å². The molecule has 0 atom stereocenters. The number of hydrogen-bond donors (Lipinski definition) is 2. The first-order valence-electron chi connectivity index (χ1n) is 7.80. The minimum atomic E-state index is -4.37. The third-order valence-electron chi connectivity index (χ3n) is 3.13. The Morgan fingerprint density at radius 1 is 1.16 bits per heavy atom. The lowest BCUT2D eigenvalue weighted by atomic mass is 10.2. The van der Waals surface area contributed by atoms with Crippen molar-refractivity contribution in [2.75, 3.05) is 13.2 Å². The Kier molecular flexibility index (Phi) is 7.12. The number of halogens is 3. The van der Waals surface area contributed by atoms with E-state index in [9.17, 15) is 13.2 Å². The maximum Gasteiger partial charge on any atom is 0.422 e. The molecule has 1 heterocycles. The Hall–Kier alpha value is -2.22. The van der Waals surface area contributed by atoms with Gasteiger partial charge in [0.1, 0.15) is 5.75 Å². The van der Waals surface area contributed by atoms with Crippen molar-refractivity contribution in [3.8, 4) is 5.75 Å². The van der Waals surface area contributed by atoms with Gasteiger partial charge in [-0.3, -0.25) is 0 Å². The van der Waals surface area contributed by atoms with Crippen LogP contribution in [0.1, 0.15) is 17.4 Å². The van der Waals surface area contributed by atoms with Gasteiger partial charge in [-0.2, -0.15) is 13.2 Å². The molecule has 2 rings (SSSR count). The van der Waals surface area contributed by atoms with Crippen LogP contribution in [0.3, 0.4) is 0 Å². The van der Waals surface area contributed by atoms with Gasteiger partial charge in [0.15, 0.2) is 12.6 Å². The fourth-order valence-electron chi connectivity index (χ4n) is 2.02. The summed E-state index contributed by atoms with van der Waals surface area (Å²) in [4.78, 5) is 5.59. The monoisotopic (exact) mass is 371 g/mol. The molecular formula is C17H20F3N3OS. The van der Waals surface area contributed by atoms with Gasteiger partial charge in [0.25, 0.3) is 0 Å². The quantitative estimate of drug-likeness (QED) is 0.572. The molecule has 2 aromatic rings. The Morgan fingerprint density at radius 3 is 2.64 bits per heavy atom. The van der Waals surface area contributed by atoms with Crippen molar-refractivity contribution in [2.45, 2.75) is 26.2 Å². The first kappa shape index (κ1) is 19.1. The zero-order chi connectivity index (χ0) is 18.1. The second-order valence-corrected chi connectivity index (χ2v) is 6.17. The van der Waals surface area contributed by atoms with E-state index in [1.54, 1.807) is 29.5 Å². The number of benzene rings is 1. The Bertz CT molecular complexity index is 672. The molecule has 0 amide bonds. The SMILES string of the molecule is CCNC(=NCc1ccccc1OCC(F)(F)F)NCc1cccs1. The summed E-state index contributed by atoms with van der Waals surface area (Å²) >= 11 is 1.64. The predicted octanol–water partition coefficient (Wildman–Crippen LogP) is 3.94. The number of para-hydroxylation sites is 1. The van der Waals surface area contributed by atoms with E-state index in [0.717, 1.165) is 0 Å². The fourth-order valence-corrected chi connectivity index (χ4v) is 2.67. The van der Waals surface area contributed by atoms with Gasteiger partial charge in [-0.05, 0) is 24.4 Å². The van der Waals surface area contributed by atoms with Crippen LogP contribution < -0.4 is 15.4 Å². The van der Waals surface area contributed by atoms with E-state index in [1.165, 1.54) is 10.9 Å². The number of alkyl halides is 3. The number of aliphatic imine (C=N–C) groups is 1. The molecule has 0 aliphatic rings. The van der Waals surface area contributed by atoms with Crippen molar-refractivity contribution < 1.29 is 17.9 Å². The molecule has 0 saturated heterocycles. The molecule has 0 aliphatic carbocycles. The maximum atomic E-state index is 12.4. The molecule has 0 radical (unpaired) electrons. The second kappa shape index (κ2) is 9.31. The maximum absolute atomic E-state index is 12.4. The number of nitrogens with one attached hydrogen (secondary N) is 2. The van der Waals surface area contributed by atoms with Crippen LogP contribution in [0.25, 0.3) is 0 Å². The summed E-state index contributed by atoms with van der Waals surface area (Å²) in [5.41, 5.74) is 0.597. The molecule has 0 bridgehead atoms. The summed E-state index contributed by atoms with van der Waals surface area (Å²) in [6, 6.07) is 10.6. The summed E-state index contributed by atoms with van der Waals surface area (Å²) in [5.74, 6) is 0.791. The summed E-state index contributed by atoms with van der Waals surface area (Å²) < 4.78 is 41.9. The van der Waals surface area contributed by atoms with Crippen molar-refractivity contribution >= 4 is 17.3 Å². The molecule has 2 N–H and O–H groups in total. The molecule has 0 unspecified atom stereocenters. The highest BCUT2D eigenvalue weighted by Crippen LogP contribution is 2.22. The number of thiophene rings is 1. The normalized spacial score (nSPS) is 12.1. The first-order chi connectivity index (χ1) is 12.0. The van der Waals surface area contributed by atoms with Crippen molar-refractivity contribution in [1.29, 1.82) is 0 Å². The summed E-state index contributed by atoms with van der Waals surface area (Å²) in [5, 5.41) is 8.31. The number of guanidine groups is 1. The summed E-state index contributed by atoms with van der Waals surface area (Å²) in [6.07, 6.45) is -4.37. The van der Waals surface area contributed by atoms with Gasteiger partial charge in [0.05, 0.1) is 13.1 Å². The molecule has 4 nitrogen and oxygen atoms in total. The standard InChI is InChI=1S/C17H20F3N3OS/c1-2-21-16(23-11-14-7-5-9-25-14)22-10-13-6-3-4-8-15(13)24-12-17(18,19)20/h3-9H,2,10-12H2,1H3,(H2,21,22,23). The average molecular weight is 371 g/mol. The van der Waals surface area contributed by atoms with Crippen LogP contribution in [-0.4, -0.2) is 25.3 Å². The molecule has 1 aromatic carbocycles. The van der Waals surface area contributed by atoms with Crippen molar-refractivity contribution in [3.05, 3.63) is 52.2 Å². The molecule has 1 aromatic heterocycles. The number of ether oxygens (including phenoxy) is 1. The molecule has 0 saturated carbocycles. The fraction of sp³-hybridized carbons (Fsp3) is 0.353. The summed E-state index contributed by atoms with van der Waals surface area (Å²) in [7, 11) is 0. The van der Waals surface area contributed by atoms with E-state index < -0.39 is 12.8 Å². The van der Waals surface area contributed by atoms with Crippen molar-refractivity contribution in [3.63, 3.8) is 0 Å². The van der Waals surface area contributed by atoms with Crippen molar-refractivity contribution in [2.24, 2.45) is 4.99 Å². The molecule has 0 fully saturated rings. The van der Waals surface area contributed by atoms with Crippen LogP contribution in [0.2, 0.25) is 0 Å². The second-order valence-electron chi connectivity index (χ2n) is 5.14. The lowest BCUT2D eigenvalue weighted by Crippen LogP contribution is -2.36. The minimum absolute atomic E-state index is 0.192. The van der Waals surface area contributed by atoms with E-state index in [1.807, 2.05) is 24.4 Å². The van der Waals surface area contributed by atoms with Crippen LogP contribution in [0, 0.1) is 0 Å². The smallest absolute Gasteiger partial charge is 0.422 e. The highest BCUT2D eigenvalue weighted by molar-refractivity contribution is 7.09. The zero-order valence-corrected chi connectivity index (χ0v) is 14.6. The van der Waals surface area contributed by atoms with E-state index in [0.29, 0.717) is 24.6 Å². The van der Waals surface area contributed by atoms with Crippen LogP contribution in [0.4, 0.5) is 13.2 Å². The van der Waals surface area contributed by atoms with E-state index in [2.05, 4.69) is 15.6 Å². The van der Waals surface area contributed by atoms with Gasteiger partial charge in [-0.25, -0.2) is 4.99 Å². The van der Waals surface area contributed by atoms with Gasteiger partial charge in [0, 0.05) is 17.0 Å². The summed E-state index contributed by atoms with van der Waals surface area (Å²) in [6.45, 7) is 2.17. The van der Waals surface area contributed by atoms with Gasteiger partial charge in [-0.1, -0.05) is 24.3 Å². The zero-order valence-electron chi connectivity index (χ0n) is 13.8. The van der Waals surface area contributed by atoms with Gasteiger partial charge in [-0.15, -0.1) is 11.3 Å². The molecule has 8 heteroatoms. The lowest BCUT2D eigenvalue weighted by Gasteiger charge is -2.13. The Morgan fingerprint density at radius 2 is 1.96 bits per heavy atom. The molecular weight excluding hydrogens is 351 g/mol. The van der Waals surface area contributed by atoms with Crippen LogP contribution in [0.15, 0.2) is 46.8 Å². The molecule has 0 spiro atoms. The van der Waals surface area contributed by atoms with Gasteiger partial charge < -0.3 is 15.4 Å². The van der Waals surface area contributed by atoms with Crippen molar-refractivity contribution in [1.82, 2.24) is 10.6 Å². The highest BCUT2D eigenvalue weighted by atomic mass is 32.1. The van der Waals surface area contributed by atoms with Gasteiger partial charge >= 0.3 is 6.18 Å². The molecule has 136 valence electrons. The Balaban J connectivity index is 2.01. The van der Waals surface area contributed by atoms with E-state index in [-0.39, 0.29) is 12.3 Å². The predicted molar refractivity (Wildman–Crippen MR) is 94.0 cm³/mol. The number of rotatable bonds is 7. The lowest BCUT2D eigenvalue weighted by molar-refractivity contribution is -0.153. The van der Waals surface area contributed by atoms with Crippen LogP contribution in [-0.2, 0) is 13.1 Å². The Labute approximate surface area is 148 Å². The molecule has 25 heavy (non-hydrogen) atoms. The van der Waals surface area contributed by atoms with Crippen LogP contribution in [0.5, 0.6) is 5.75 Å². The third-order valence-corrected chi connectivity index (χ3v) is 4.00. The third kappa shape index (κ3) is 7.04. The number of nitrogens with zero attached hydrogens (tertiary/aromatic N) is 1. The minimum Gasteiger partial charge on any atom is -0.484 e. The molecule has 0 aliphatic heterocycles.